The van der Waals surface area contributed by atoms with Gasteiger partial charge < -0.3 is 11.1 Å². The Morgan fingerprint density at radius 1 is 1.30 bits per heavy atom. The first-order chi connectivity index (χ1) is 9.97. The minimum atomic E-state index is -0.389. The third-order valence-corrected chi connectivity index (χ3v) is 6.28. The summed E-state index contributed by atoms with van der Waals surface area (Å²) in [7, 11) is 0. The molecule has 1 aromatic rings. The number of hydrogen-bond donors (Lipinski definition) is 2. The van der Waals surface area contributed by atoms with E-state index in [4.69, 9.17) is 5.73 Å². The second-order valence-electron chi connectivity index (χ2n) is 7.15. The summed E-state index contributed by atoms with van der Waals surface area (Å²) in [5.74, 6) is 1.38. The van der Waals surface area contributed by atoms with Gasteiger partial charge in [-0.3, -0.25) is 4.79 Å². The summed E-state index contributed by atoms with van der Waals surface area (Å²) < 4.78 is 0. The van der Waals surface area contributed by atoms with Crippen molar-refractivity contribution in [1.29, 1.82) is 0 Å². The number of rotatable bonds is 3. The molecule has 2 atom stereocenters. The van der Waals surface area contributed by atoms with E-state index in [2.05, 4.69) is 10.3 Å². The molecule has 0 aromatic carbocycles. The van der Waals surface area contributed by atoms with E-state index in [1.54, 1.807) is 17.5 Å². The van der Waals surface area contributed by atoms with E-state index in [0.717, 1.165) is 17.8 Å². The number of carbonyl (C=O) groups is 1. The van der Waals surface area contributed by atoms with Crippen LogP contribution in [-0.2, 0) is 10.3 Å². The predicted octanol–water partition coefficient (Wildman–Crippen LogP) is 3.49. The molecule has 132 valence electrons. The number of amides is 1. The minimum absolute atomic E-state index is 0. The van der Waals surface area contributed by atoms with Crippen LogP contribution in [0.4, 0.5) is 0 Å². The first kappa shape index (κ1) is 20.7. The van der Waals surface area contributed by atoms with Gasteiger partial charge in [0.15, 0.2) is 0 Å². The summed E-state index contributed by atoms with van der Waals surface area (Å²) in [4.78, 5) is 17.0. The van der Waals surface area contributed by atoms with E-state index in [9.17, 15) is 4.79 Å². The van der Waals surface area contributed by atoms with Gasteiger partial charge in [-0.05, 0) is 51.4 Å². The lowest BCUT2D eigenvalue weighted by Gasteiger charge is -2.44. The molecular formula is C16H27Cl2N3OS. The molecule has 1 amide bonds. The van der Waals surface area contributed by atoms with Crippen LogP contribution in [-0.4, -0.2) is 16.9 Å². The largest absolute Gasteiger partial charge is 0.344 e. The van der Waals surface area contributed by atoms with Gasteiger partial charge in [-0.25, -0.2) is 4.98 Å². The van der Waals surface area contributed by atoms with Gasteiger partial charge in [-0.1, -0.05) is 6.42 Å². The fourth-order valence-electron chi connectivity index (χ4n) is 4.00. The van der Waals surface area contributed by atoms with Gasteiger partial charge in [0.25, 0.3) is 0 Å². The molecule has 2 aliphatic carbocycles. The van der Waals surface area contributed by atoms with Gasteiger partial charge in [-0.2, -0.15) is 0 Å². The second kappa shape index (κ2) is 8.15. The summed E-state index contributed by atoms with van der Waals surface area (Å²) in [6.45, 7) is 4.05. The van der Waals surface area contributed by atoms with E-state index in [1.807, 2.05) is 19.2 Å². The Morgan fingerprint density at radius 2 is 1.91 bits per heavy atom. The van der Waals surface area contributed by atoms with Crippen LogP contribution < -0.4 is 11.1 Å². The molecular weight excluding hydrogens is 353 g/mol. The lowest BCUT2D eigenvalue weighted by atomic mass is 9.65. The van der Waals surface area contributed by atoms with E-state index in [0.29, 0.717) is 17.9 Å². The quantitative estimate of drug-likeness (QED) is 0.844. The third kappa shape index (κ3) is 4.38. The molecule has 1 heterocycles. The average molecular weight is 380 g/mol. The van der Waals surface area contributed by atoms with E-state index in [1.165, 1.54) is 19.3 Å². The molecule has 2 bridgehead atoms. The highest BCUT2D eigenvalue weighted by molar-refractivity contribution is 7.09. The Bertz CT molecular complexity index is 495. The van der Waals surface area contributed by atoms with Gasteiger partial charge in [0.05, 0.1) is 5.54 Å². The van der Waals surface area contributed by atoms with Gasteiger partial charge >= 0.3 is 0 Å². The van der Waals surface area contributed by atoms with Crippen LogP contribution in [0, 0.1) is 17.8 Å². The highest BCUT2D eigenvalue weighted by atomic mass is 35.5. The summed E-state index contributed by atoms with van der Waals surface area (Å²) in [5, 5.41) is 6.11. The number of carbonyl (C=O) groups excluding carboxylic acids is 1. The van der Waals surface area contributed by atoms with Crippen LogP contribution in [0.15, 0.2) is 11.6 Å². The number of hydrogen-bond acceptors (Lipinski definition) is 4. The molecule has 0 saturated heterocycles. The number of fused-ring (bicyclic) bond motifs is 2. The van der Waals surface area contributed by atoms with Crippen molar-refractivity contribution in [2.75, 3.05) is 0 Å². The highest BCUT2D eigenvalue weighted by Gasteiger charge is 2.41. The monoisotopic (exact) mass is 379 g/mol. The summed E-state index contributed by atoms with van der Waals surface area (Å²) in [6.07, 6.45) is 7.36. The number of thiazole rings is 1. The lowest BCUT2D eigenvalue weighted by molar-refractivity contribution is -0.129. The van der Waals surface area contributed by atoms with Crippen LogP contribution in [0.25, 0.3) is 0 Å². The Hall–Kier alpha value is -0.360. The number of nitrogens with two attached hydrogens (primary N) is 1. The van der Waals surface area contributed by atoms with Crippen LogP contribution in [0.1, 0.15) is 51.0 Å². The molecule has 3 N–H and O–H groups in total. The molecule has 4 nitrogen and oxygen atoms in total. The molecule has 2 fully saturated rings. The van der Waals surface area contributed by atoms with Crippen LogP contribution in [0.2, 0.25) is 0 Å². The number of nitrogens with zero attached hydrogens (tertiary/aromatic N) is 1. The zero-order valence-electron chi connectivity index (χ0n) is 13.7. The Balaban J connectivity index is 0.00000132. The lowest BCUT2D eigenvalue weighted by Crippen LogP contribution is -2.51. The zero-order chi connectivity index (χ0) is 15.0. The smallest absolute Gasteiger partial charge is 0.223 e. The maximum Gasteiger partial charge on any atom is 0.223 e. The van der Waals surface area contributed by atoms with Crippen LogP contribution in [0.3, 0.4) is 0 Å². The first-order valence-corrected chi connectivity index (χ1v) is 8.83. The number of nitrogens with one attached hydrogen (secondary N) is 1. The molecule has 2 saturated carbocycles. The zero-order valence-corrected chi connectivity index (χ0v) is 16.1. The number of aromatic nitrogens is 1. The van der Waals surface area contributed by atoms with Crippen molar-refractivity contribution in [2.45, 2.75) is 57.5 Å². The van der Waals surface area contributed by atoms with E-state index < -0.39 is 0 Å². The fraction of sp³-hybridized carbons (Fsp3) is 0.750. The number of halogens is 2. The predicted molar refractivity (Wildman–Crippen MR) is 99.3 cm³/mol. The summed E-state index contributed by atoms with van der Waals surface area (Å²) in [5.41, 5.74) is 5.92. The average Bonchev–Trinajstić information content (AvgIpc) is 2.92. The summed E-state index contributed by atoms with van der Waals surface area (Å²) >= 11 is 1.59. The molecule has 23 heavy (non-hydrogen) atoms. The molecule has 3 rings (SSSR count). The third-order valence-electron chi connectivity index (χ3n) is 5.19. The highest BCUT2D eigenvalue weighted by Crippen LogP contribution is 2.42. The van der Waals surface area contributed by atoms with Crippen molar-refractivity contribution < 1.29 is 4.79 Å². The van der Waals surface area contributed by atoms with Gasteiger partial charge in [0.1, 0.15) is 5.01 Å². The molecule has 7 heteroatoms. The fourth-order valence-corrected chi connectivity index (χ4v) is 4.72. The van der Waals surface area contributed by atoms with Crippen molar-refractivity contribution in [3.8, 4) is 0 Å². The molecule has 2 aliphatic rings. The van der Waals surface area contributed by atoms with Crippen molar-refractivity contribution in [1.82, 2.24) is 10.3 Å². The second-order valence-corrected chi connectivity index (χ2v) is 8.04. The molecule has 2 unspecified atom stereocenters. The van der Waals surface area contributed by atoms with E-state index >= 15 is 0 Å². The Morgan fingerprint density at radius 3 is 2.43 bits per heavy atom. The van der Waals surface area contributed by atoms with Gasteiger partial charge in [0.2, 0.25) is 5.91 Å². The normalized spacial score (nSPS) is 29.9. The van der Waals surface area contributed by atoms with Crippen molar-refractivity contribution in [3.05, 3.63) is 16.6 Å². The molecule has 1 aromatic heterocycles. The molecule has 0 radical (unpaired) electrons. The minimum Gasteiger partial charge on any atom is -0.344 e. The van der Waals surface area contributed by atoms with Crippen molar-refractivity contribution in [3.63, 3.8) is 0 Å². The van der Waals surface area contributed by atoms with Crippen molar-refractivity contribution in [2.24, 2.45) is 23.5 Å². The van der Waals surface area contributed by atoms with Crippen LogP contribution in [0.5, 0.6) is 0 Å². The first-order valence-electron chi connectivity index (χ1n) is 7.95. The van der Waals surface area contributed by atoms with Gasteiger partial charge in [-0.15, -0.1) is 36.2 Å². The standard InChI is InChI=1S/C16H25N3OS.2ClH/c1-16(2,15-18-6-7-21-15)19-14(20)12-8-10-4-3-5-11(9-12)13(10)17;;/h6-7,10-13H,3-5,8-9,17H2,1-2H3,(H,19,20);2*1H. The molecule has 0 aliphatic heterocycles. The maximum atomic E-state index is 12.7. The Labute approximate surface area is 154 Å². The maximum absolute atomic E-state index is 12.7. The van der Waals surface area contributed by atoms with Crippen molar-refractivity contribution >= 4 is 42.1 Å². The topological polar surface area (TPSA) is 68.0 Å². The van der Waals surface area contributed by atoms with E-state index in [-0.39, 0.29) is 42.2 Å². The van der Waals surface area contributed by atoms with Gasteiger partial charge in [0, 0.05) is 23.5 Å². The van der Waals surface area contributed by atoms with Crippen LogP contribution >= 0.6 is 36.2 Å². The Kier molecular flexibility index (Phi) is 7.33. The summed E-state index contributed by atoms with van der Waals surface area (Å²) in [6, 6.07) is 0.315. The SMILES string of the molecule is CC(C)(NC(=O)C1CC2CCCC(C1)C2N)c1nccs1.Cl.Cl. The molecule has 0 spiro atoms.